The molecule has 0 saturated carbocycles. The van der Waals surface area contributed by atoms with E-state index in [4.69, 9.17) is 5.11 Å². The van der Waals surface area contributed by atoms with Crippen LogP contribution in [0.2, 0.25) is 0 Å². The van der Waals surface area contributed by atoms with Gasteiger partial charge in [-0.05, 0) is 19.1 Å². The number of benzene rings is 1. The highest BCUT2D eigenvalue weighted by Crippen LogP contribution is 2.18. The van der Waals surface area contributed by atoms with E-state index >= 15 is 0 Å². The SMILES string of the molecule is CCNC(=O)CN(C)S(=O)(=O)c1ccccc1C#CCO. The normalized spacial score (nSPS) is 10.9. The topological polar surface area (TPSA) is 86.7 Å². The van der Waals surface area contributed by atoms with Gasteiger partial charge >= 0.3 is 0 Å². The third kappa shape index (κ3) is 4.56. The largest absolute Gasteiger partial charge is 0.384 e. The molecule has 114 valence electrons. The summed E-state index contributed by atoms with van der Waals surface area (Å²) in [6.45, 7) is 1.57. The molecule has 0 bridgehead atoms. The van der Waals surface area contributed by atoms with Gasteiger partial charge in [-0.3, -0.25) is 4.79 Å². The number of aliphatic hydroxyl groups is 1. The van der Waals surface area contributed by atoms with Crippen LogP contribution in [0.5, 0.6) is 0 Å². The Labute approximate surface area is 124 Å². The van der Waals surface area contributed by atoms with Crippen molar-refractivity contribution in [1.82, 2.24) is 9.62 Å². The molecular formula is C14H18N2O4S. The lowest BCUT2D eigenvalue weighted by Crippen LogP contribution is -2.38. The van der Waals surface area contributed by atoms with Gasteiger partial charge in [-0.1, -0.05) is 24.0 Å². The summed E-state index contributed by atoms with van der Waals surface area (Å²) in [5.74, 6) is 4.64. The number of nitrogens with zero attached hydrogens (tertiary/aromatic N) is 1. The van der Waals surface area contributed by atoms with Gasteiger partial charge in [0.1, 0.15) is 6.61 Å². The Hall–Kier alpha value is -1.88. The van der Waals surface area contributed by atoms with Gasteiger partial charge in [-0.2, -0.15) is 4.31 Å². The number of amides is 1. The minimum absolute atomic E-state index is 0.0118. The molecule has 0 spiro atoms. The lowest BCUT2D eigenvalue weighted by atomic mass is 10.2. The Morgan fingerprint density at radius 2 is 2.05 bits per heavy atom. The van der Waals surface area contributed by atoms with E-state index in [9.17, 15) is 13.2 Å². The van der Waals surface area contributed by atoms with Gasteiger partial charge in [-0.25, -0.2) is 8.42 Å². The molecule has 0 aliphatic heterocycles. The first-order valence-corrected chi connectivity index (χ1v) is 7.79. The molecule has 0 radical (unpaired) electrons. The van der Waals surface area contributed by atoms with Crippen LogP contribution < -0.4 is 5.32 Å². The summed E-state index contributed by atoms with van der Waals surface area (Å²) < 4.78 is 25.9. The second kappa shape index (κ2) is 7.78. The number of carbonyl (C=O) groups excluding carboxylic acids is 1. The fourth-order valence-corrected chi connectivity index (χ4v) is 2.91. The summed E-state index contributed by atoms with van der Waals surface area (Å²) in [7, 11) is -2.49. The Morgan fingerprint density at radius 1 is 1.38 bits per heavy atom. The second-order valence-corrected chi connectivity index (χ2v) is 6.18. The van der Waals surface area contributed by atoms with Gasteiger partial charge in [0.25, 0.3) is 0 Å². The molecule has 1 aromatic rings. The smallest absolute Gasteiger partial charge is 0.244 e. The van der Waals surface area contributed by atoms with E-state index in [1.807, 2.05) is 0 Å². The number of aliphatic hydroxyl groups excluding tert-OH is 1. The molecule has 0 atom stereocenters. The van der Waals surface area contributed by atoms with Crippen LogP contribution in [-0.4, -0.2) is 50.5 Å². The number of hydrogen-bond donors (Lipinski definition) is 2. The standard InChI is InChI=1S/C14H18N2O4S/c1-3-15-14(18)11-16(2)21(19,20)13-9-5-4-7-12(13)8-6-10-17/h4-5,7,9,17H,3,10-11H2,1-2H3,(H,15,18). The zero-order valence-electron chi connectivity index (χ0n) is 12.0. The number of nitrogens with one attached hydrogen (secondary N) is 1. The lowest BCUT2D eigenvalue weighted by molar-refractivity contribution is -0.121. The molecule has 1 aromatic carbocycles. The molecule has 1 rings (SSSR count). The highest BCUT2D eigenvalue weighted by molar-refractivity contribution is 7.89. The number of likely N-dealkylation sites (N-methyl/N-ethyl adjacent to an activating group) is 2. The third-order valence-electron chi connectivity index (χ3n) is 2.62. The third-order valence-corrected chi connectivity index (χ3v) is 4.48. The highest BCUT2D eigenvalue weighted by Gasteiger charge is 2.24. The number of rotatable bonds is 5. The van der Waals surface area contributed by atoms with Crippen molar-refractivity contribution in [3.63, 3.8) is 0 Å². The Balaban J connectivity index is 3.10. The van der Waals surface area contributed by atoms with Crippen molar-refractivity contribution in [3.8, 4) is 11.8 Å². The Kier molecular flexibility index (Phi) is 6.37. The fraction of sp³-hybridized carbons (Fsp3) is 0.357. The van der Waals surface area contributed by atoms with Crippen LogP contribution in [0.3, 0.4) is 0 Å². The van der Waals surface area contributed by atoms with E-state index in [1.54, 1.807) is 25.1 Å². The average molecular weight is 310 g/mol. The number of hydrogen-bond acceptors (Lipinski definition) is 4. The van der Waals surface area contributed by atoms with Crippen LogP contribution in [0.15, 0.2) is 29.2 Å². The van der Waals surface area contributed by atoms with Crippen molar-refractivity contribution in [2.45, 2.75) is 11.8 Å². The van der Waals surface area contributed by atoms with Crippen molar-refractivity contribution in [1.29, 1.82) is 0 Å². The zero-order chi connectivity index (χ0) is 15.9. The molecule has 0 heterocycles. The summed E-state index contributed by atoms with van der Waals surface area (Å²) in [5.41, 5.74) is 0.286. The van der Waals surface area contributed by atoms with Crippen LogP contribution in [0, 0.1) is 11.8 Å². The van der Waals surface area contributed by atoms with Crippen LogP contribution in [0.25, 0.3) is 0 Å². The fourth-order valence-electron chi connectivity index (χ4n) is 1.64. The van der Waals surface area contributed by atoms with E-state index in [0.29, 0.717) is 6.54 Å². The van der Waals surface area contributed by atoms with E-state index in [-0.39, 0.29) is 29.5 Å². The lowest BCUT2D eigenvalue weighted by Gasteiger charge is -2.17. The summed E-state index contributed by atoms with van der Waals surface area (Å²) in [6.07, 6.45) is 0. The molecular weight excluding hydrogens is 292 g/mol. The predicted octanol–water partition coefficient (Wildman–Crippen LogP) is -0.213. The maximum atomic E-state index is 12.5. The molecule has 7 heteroatoms. The molecule has 0 aromatic heterocycles. The summed E-state index contributed by atoms with van der Waals surface area (Å²) >= 11 is 0. The summed E-state index contributed by atoms with van der Waals surface area (Å²) in [5, 5.41) is 11.3. The van der Waals surface area contributed by atoms with Crippen molar-refractivity contribution in [2.75, 3.05) is 26.7 Å². The zero-order valence-corrected chi connectivity index (χ0v) is 12.8. The van der Waals surface area contributed by atoms with Gasteiger partial charge in [0.05, 0.1) is 11.4 Å². The van der Waals surface area contributed by atoms with Gasteiger partial charge < -0.3 is 10.4 Å². The number of sulfonamides is 1. The first kappa shape index (κ1) is 17.2. The van der Waals surface area contributed by atoms with Crippen molar-refractivity contribution >= 4 is 15.9 Å². The van der Waals surface area contributed by atoms with Gasteiger partial charge in [0.2, 0.25) is 15.9 Å². The second-order valence-electron chi connectivity index (χ2n) is 4.17. The minimum Gasteiger partial charge on any atom is -0.384 e. The quantitative estimate of drug-likeness (QED) is 0.737. The number of carbonyl (C=O) groups is 1. The average Bonchev–Trinajstić information content (AvgIpc) is 2.45. The Morgan fingerprint density at radius 3 is 2.67 bits per heavy atom. The molecule has 6 nitrogen and oxygen atoms in total. The Bertz CT molecular complexity index is 659. The van der Waals surface area contributed by atoms with E-state index in [0.717, 1.165) is 4.31 Å². The molecule has 0 fully saturated rings. The molecule has 21 heavy (non-hydrogen) atoms. The maximum absolute atomic E-state index is 12.5. The molecule has 0 unspecified atom stereocenters. The van der Waals surface area contributed by atoms with Crippen LogP contribution in [0.1, 0.15) is 12.5 Å². The van der Waals surface area contributed by atoms with Gasteiger partial charge in [-0.15, -0.1) is 0 Å². The molecule has 0 aliphatic carbocycles. The highest BCUT2D eigenvalue weighted by atomic mass is 32.2. The maximum Gasteiger partial charge on any atom is 0.244 e. The van der Waals surface area contributed by atoms with Gasteiger partial charge in [0, 0.05) is 19.2 Å². The molecule has 2 N–H and O–H groups in total. The van der Waals surface area contributed by atoms with E-state index in [2.05, 4.69) is 17.2 Å². The van der Waals surface area contributed by atoms with Crippen LogP contribution in [-0.2, 0) is 14.8 Å². The van der Waals surface area contributed by atoms with Crippen molar-refractivity contribution < 1.29 is 18.3 Å². The van der Waals surface area contributed by atoms with E-state index in [1.165, 1.54) is 13.1 Å². The first-order valence-electron chi connectivity index (χ1n) is 6.35. The van der Waals surface area contributed by atoms with E-state index < -0.39 is 10.0 Å². The van der Waals surface area contributed by atoms with Crippen LogP contribution >= 0.6 is 0 Å². The van der Waals surface area contributed by atoms with Gasteiger partial charge in [0.15, 0.2) is 0 Å². The summed E-state index contributed by atoms with van der Waals surface area (Å²) in [4.78, 5) is 11.5. The molecule has 0 aliphatic rings. The van der Waals surface area contributed by atoms with Crippen LogP contribution in [0.4, 0.5) is 0 Å². The predicted molar refractivity (Wildman–Crippen MR) is 78.9 cm³/mol. The molecule has 1 amide bonds. The van der Waals surface area contributed by atoms with Crippen molar-refractivity contribution in [2.24, 2.45) is 0 Å². The monoisotopic (exact) mass is 310 g/mol. The van der Waals surface area contributed by atoms with Crippen molar-refractivity contribution in [3.05, 3.63) is 29.8 Å². The minimum atomic E-state index is -3.83. The molecule has 0 saturated heterocycles. The summed E-state index contributed by atoms with van der Waals surface area (Å²) in [6, 6.07) is 6.21. The first-order chi connectivity index (χ1) is 9.93.